The number of hydrogen-bond donors (Lipinski definition) is 1. The lowest BCUT2D eigenvalue weighted by Gasteiger charge is -2.04. The lowest BCUT2D eigenvalue weighted by molar-refractivity contribution is -0.137. The van der Waals surface area contributed by atoms with Gasteiger partial charge in [-0.3, -0.25) is 5.14 Å². The number of rotatable bonds is 1. The Morgan fingerprint density at radius 3 is 2.57 bits per heavy atom. The normalized spacial score (nSPS) is 10.8. The van der Waals surface area contributed by atoms with Gasteiger partial charge in [-0.1, -0.05) is 23.8 Å². The van der Waals surface area contributed by atoms with Crippen molar-refractivity contribution in [2.45, 2.75) is 18.7 Å². The Hall–Kier alpha value is -0.990. The molecule has 2 aromatic carbocycles. The van der Waals surface area contributed by atoms with E-state index in [2.05, 4.69) is 49.3 Å². The number of benzene rings is 2. The largest absolute Gasteiger partial charge is 0.292 e. The van der Waals surface area contributed by atoms with E-state index < -0.39 is 0 Å². The molecule has 0 saturated carbocycles. The summed E-state index contributed by atoms with van der Waals surface area (Å²) in [6, 6.07) is 11.0. The predicted molar refractivity (Wildman–Crippen MR) is 62.2 cm³/mol. The molecule has 0 aliphatic heterocycles. The van der Waals surface area contributed by atoms with Crippen molar-refractivity contribution in [3.05, 3.63) is 41.5 Å². The van der Waals surface area contributed by atoms with Crippen LogP contribution in [0.25, 0.3) is 10.8 Å². The highest BCUT2D eigenvalue weighted by molar-refractivity contribution is 7.92. The molecular formula is C12H14NS+. The first kappa shape index (κ1) is 9.56. The molecule has 0 heterocycles. The first-order valence-electron chi connectivity index (χ1n) is 4.64. The summed E-state index contributed by atoms with van der Waals surface area (Å²) in [6.07, 6.45) is 0. The minimum Gasteiger partial charge on any atom is -0.292 e. The van der Waals surface area contributed by atoms with E-state index in [0.717, 1.165) is 0 Å². The molecule has 0 unspecified atom stereocenters. The van der Waals surface area contributed by atoms with Gasteiger partial charge in [0.05, 0.1) is 4.90 Å². The quantitative estimate of drug-likeness (QED) is 0.711. The average molecular weight is 204 g/mol. The van der Waals surface area contributed by atoms with Gasteiger partial charge in [0.25, 0.3) is 0 Å². The molecule has 14 heavy (non-hydrogen) atoms. The summed E-state index contributed by atoms with van der Waals surface area (Å²) in [5.74, 6) is 0. The molecule has 0 aliphatic carbocycles. The Morgan fingerprint density at radius 1 is 1.07 bits per heavy atom. The lowest BCUT2D eigenvalue weighted by atomic mass is 10.0. The van der Waals surface area contributed by atoms with Crippen molar-refractivity contribution >= 4 is 22.7 Å². The monoisotopic (exact) mass is 204 g/mol. The fourth-order valence-electron chi connectivity index (χ4n) is 1.71. The van der Waals surface area contributed by atoms with Crippen LogP contribution in [0.3, 0.4) is 0 Å². The van der Waals surface area contributed by atoms with Crippen LogP contribution >= 0.6 is 11.9 Å². The first-order chi connectivity index (χ1) is 6.70. The van der Waals surface area contributed by atoms with Gasteiger partial charge in [-0.15, -0.1) is 0 Å². The first-order valence-corrected chi connectivity index (χ1v) is 5.62. The van der Waals surface area contributed by atoms with Crippen LogP contribution in [-0.2, 0) is 0 Å². The molecule has 0 atom stereocenters. The predicted octanol–water partition coefficient (Wildman–Crippen LogP) is 2.71. The molecule has 0 spiro atoms. The van der Waals surface area contributed by atoms with Crippen molar-refractivity contribution in [3.8, 4) is 0 Å². The SMILES string of the molecule is Cc1ccc2cc(S[NH3+])cc(C)c2c1. The van der Waals surface area contributed by atoms with Crippen molar-refractivity contribution in [1.29, 1.82) is 0 Å². The van der Waals surface area contributed by atoms with Crippen LogP contribution in [0, 0.1) is 13.8 Å². The van der Waals surface area contributed by atoms with E-state index in [1.54, 1.807) is 11.9 Å². The molecular weight excluding hydrogens is 190 g/mol. The van der Waals surface area contributed by atoms with E-state index in [-0.39, 0.29) is 0 Å². The highest BCUT2D eigenvalue weighted by Crippen LogP contribution is 2.24. The summed E-state index contributed by atoms with van der Waals surface area (Å²) in [6.45, 7) is 4.28. The van der Waals surface area contributed by atoms with Crippen LogP contribution < -0.4 is 5.14 Å². The fourth-order valence-corrected chi connectivity index (χ4v) is 2.18. The van der Waals surface area contributed by atoms with Gasteiger partial charge < -0.3 is 0 Å². The molecule has 0 fully saturated rings. The maximum Gasteiger partial charge on any atom is 0.107 e. The molecule has 0 aromatic heterocycles. The van der Waals surface area contributed by atoms with Crippen molar-refractivity contribution in [3.63, 3.8) is 0 Å². The maximum atomic E-state index is 3.84. The smallest absolute Gasteiger partial charge is 0.107 e. The van der Waals surface area contributed by atoms with Gasteiger partial charge in [-0.05, 0) is 42.3 Å². The zero-order valence-electron chi connectivity index (χ0n) is 8.50. The van der Waals surface area contributed by atoms with Gasteiger partial charge in [0.15, 0.2) is 0 Å². The third kappa shape index (κ3) is 1.63. The van der Waals surface area contributed by atoms with Gasteiger partial charge in [0.1, 0.15) is 11.9 Å². The lowest BCUT2D eigenvalue weighted by Crippen LogP contribution is -2.35. The summed E-state index contributed by atoms with van der Waals surface area (Å²) < 4.78 is 0. The average Bonchev–Trinajstić information content (AvgIpc) is 2.19. The molecule has 72 valence electrons. The molecule has 1 nitrogen and oxygen atoms in total. The van der Waals surface area contributed by atoms with Gasteiger partial charge >= 0.3 is 0 Å². The van der Waals surface area contributed by atoms with Gasteiger partial charge in [0.2, 0.25) is 0 Å². The summed E-state index contributed by atoms with van der Waals surface area (Å²) in [7, 11) is 0. The molecule has 2 heteroatoms. The second kappa shape index (κ2) is 3.64. The molecule has 0 bridgehead atoms. The van der Waals surface area contributed by atoms with Crippen molar-refractivity contribution in [2.75, 3.05) is 0 Å². The number of fused-ring (bicyclic) bond motifs is 1. The van der Waals surface area contributed by atoms with Crippen LogP contribution in [0.1, 0.15) is 11.1 Å². The summed E-state index contributed by atoms with van der Waals surface area (Å²) in [5.41, 5.74) is 2.65. The highest BCUT2D eigenvalue weighted by atomic mass is 32.2. The Morgan fingerprint density at radius 2 is 1.86 bits per heavy atom. The Balaban J connectivity index is 2.76. The topological polar surface area (TPSA) is 27.6 Å². The maximum absolute atomic E-state index is 3.84. The van der Waals surface area contributed by atoms with Crippen molar-refractivity contribution < 1.29 is 5.14 Å². The Kier molecular flexibility index (Phi) is 2.48. The second-order valence-corrected chi connectivity index (χ2v) is 4.37. The van der Waals surface area contributed by atoms with Gasteiger partial charge in [-0.25, -0.2) is 0 Å². The van der Waals surface area contributed by atoms with Crippen LogP contribution in [0.4, 0.5) is 0 Å². The zero-order valence-corrected chi connectivity index (χ0v) is 9.32. The molecule has 0 amide bonds. The molecule has 3 N–H and O–H groups in total. The molecule has 0 aliphatic rings. The van der Waals surface area contributed by atoms with E-state index in [1.807, 2.05) is 0 Å². The molecule has 2 rings (SSSR count). The van der Waals surface area contributed by atoms with E-state index >= 15 is 0 Å². The van der Waals surface area contributed by atoms with E-state index in [4.69, 9.17) is 0 Å². The Bertz CT molecular complexity index is 477. The summed E-state index contributed by atoms with van der Waals surface area (Å²) >= 11 is 1.55. The van der Waals surface area contributed by atoms with Crippen LogP contribution in [0.5, 0.6) is 0 Å². The summed E-state index contributed by atoms with van der Waals surface area (Å²) in [4.78, 5) is 1.24. The number of aryl methyl sites for hydroxylation is 2. The molecule has 2 aromatic rings. The highest BCUT2D eigenvalue weighted by Gasteiger charge is 2.02. The minimum absolute atomic E-state index is 1.24. The summed E-state index contributed by atoms with van der Waals surface area (Å²) in [5, 5.41) is 6.50. The standard InChI is InChI=1S/C12H13NS/c1-8-3-4-10-7-11(14-13)6-9(2)12(10)5-8/h3-7H,13H2,1-2H3/p+1. The van der Waals surface area contributed by atoms with Crippen LogP contribution in [-0.4, -0.2) is 0 Å². The third-order valence-corrected chi connectivity index (χ3v) is 3.03. The van der Waals surface area contributed by atoms with E-state index in [9.17, 15) is 0 Å². The fraction of sp³-hybridized carbons (Fsp3) is 0.167. The van der Waals surface area contributed by atoms with Gasteiger partial charge in [-0.2, -0.15) is 0 Å². The van der Waals surface area contributed by atoms with Crippen molar-refractivity contribution in [1.82, 2.24) is 0 Å². The zero-order chi connectivity index (χ0) is 10.1. The van der Waals surface area contributed by atoms with E-state index in [1.165, 1.54) is 26.8 Å². The van der Waals surface area contributed by atoms with Crippen LogP contribution in [0.15, 0.2) is 35.2 Å². The number of hydrogen-bond acceptors (Lipinski definition) is 1. The third-order valence-electron chi connectivity index (χ3n) is 2.46. The van der Waals surface area contributed by atoms with Crippen molar-refractivity contribution in [2.24, 2.45) is 0 Å². The van der Waals surface area contributed by atoms with E-state index in [0.29, 0.717) is 0 Å². The number of quaternary nitrogens is 1. The minimum atomic E-state index is 1.24. The van der Waals surface area contributed by atoms with Gasteiger partial charge in [0, 0.05) is 0 Å². The Labute approximate surface area is 88.4 Å². The molecule has 0 saturated heterocycles. The second-order valence-electron chi connectivity index (χ2n) is 3.61. The molecule has 0 radical (unpaired) electrons. The van der Waals surface area contributed by atoms with Crippen LogP contribution in [0.2, 0.25) is 0 Å².